The number of likely N-dealkylation sites (tertiary alicyclic amines) is 1. The van der Waals surface area contributed by atoms with E-state index in [1.807, 2.05) is 0 Å². The highest BCUT2D eigenvalue weighted by Crippen LogP contribution is 2.34. The summed E-state index contributed by atoms with van der Waals surface area (Å²) >= 11 is 6.10. The average molecular weight is 383 g/mol. The van der Waals surface area contributed by atoms with E-state index in [2.05, 4.69) is 53.0 Å². The second kappa shape index (κ2) is 6.98. The number of aromatic nitrogens is 2. The Morgan fingerprint density at radius 2 is 2.04 bits per heavy atom. The molecule has 1 fully saturated rings. The van der Waals surface area contributed by atoms with E-state index in [1.54, 1.807) is 12.1 Å². The number of H-pyrrole nitrogens is 1. The molecule has 0 aliphatic carbocycles. The van der Waals surface area contributed by atoms with Crippen molar-refractivity contribution in [1.82, 2.24) is 14.9 Å². The van der Waals surface area contributed by atoms with Crippen LogP contribution in [0, 0.1) is 0 Å². The van der Waals surface area contributed by atoms with Crippen molar-refractivity contribution in [1.29, 1.82) is 0 Å². The maximum atomic E-state index is 11.7. The minimum atomic E-state index is -0.536. The first-order chi connectivity index (χ1) is 12.9. The number of benzene rings is 2. The lowest BCUT2D eigenvalue weighted by Crippen LogP contribution is -2.30. The van der Waals surface area contributed by atoms with E-state index in [-0.39, 0.29) is 0 Å². The van der Waals surface area contributed by atoms with E-state index in [9.17, 15) is 4.79 Å². The molecule has 0 bridgehead atoms. The number of rotatable bonds is 4. The van der Waals surface area contributed by atoms with Gasteiger partial charge >= 0.3 is 0 Å². The van der Waals surface area contributed by atoms with Crippen molar-refractivity contribution < 1.29 is 4.79 Å². The highest BCUT2D eigenvalue weighted by atomic mass is 35.5. The summed E-state index contributed by atoms with van der Waals surface area (Å²) in [6, 6.07) is 12.9. The molecule has 3 N–H and O–H groups in total. The number of nitrogens with one attached hydrogen (secondary N) is 1. The molecule has 5 nitrogen and oxygen atoms in total. The first-order valence-electron chi connectivity index (χ1n) is 9.29. The van der Waals surface area contributed by atoms with Gasteiger partial charge in [-0.1, -0.05) is 35.9 Å². The first-order valence-corrected chi connectivity index (χ1v) is 9.67. The predicted molar refractivity (Wildman–Crippen MR) is 109 cm³/mol. The van der Waals surface area contributed by atoms with Gasteiger partial charge < -0.3 is 10.7 Å². The molecule has 1 aromatic heterocycles. The van der Waals surface area contributed by atoms with Crippen LogP contribution in [0.25, 0.3) is 22.4 Å². The number of imidazole rings is 1. The Bertz CT molecular complexity index is 993. The van der Waals surface area contributed by atoms with Crippen molar-refractivity contribution >= 4 is 28.5 Å². The van der Waals surface area contributed by atoms with Gasteiger partial charge in [0.2, 0.25) is 0 Å². The molecule has 1 aliphatic heterocycles. The molecule has 1 aliphatic rings. The molecule has 0 saturated carbocycles. The van der Waals surface area contributed by atoms with Crippen molar-refractivity contribution in [3.05, 3.63) is 52.5 Å². The third-order valence-electron chi connectivity index (χ3n) is 5.34. The molecule has 27 heavy (non-hydrogen) atoms. The molecular weight excluding hydrogens is 360 g/mol. The molecule has 2 heterocycles. The second-order valence-electron chi connectivity index (χ2n) is 7.41. The van der Waals surface area contributed by atoms with E-state index in [0.29, 0.717) is 39.5 Å². The molecule has 1 atom stereocenters. The smallest absolute Gasteiger partial charge is 0.251 e. The first kappa shape index (κ1) is 18.0. The van der Waals surface area contributed by atoms with Gasteiger partial charge in [-0.2, -0.15) is 0 Å². The summed E-state index contributed by atoms with van der Waals surface area (Å²) in [5.74, 6) is 0.166. The lowest BCUT2D eigenvalue weighted by atomic mass is 10.0. The largest absolute Gasteiger partial charge is 0.366 e. The third kappa shape index (κ3) is 3.33. The predicted octanol–water partition coefficient (Wildman–Crippen LogP) is 4.53. The number of aromatic amines is 1. The number of carbonyl (C=O) groups is 1. The number of nitrogens with two attached hydrogens (primary N) is 1. The molecule has 140 valence electrons. The number of primary amides is 1. The van der Waals surface area contributed by atoms with Crippen LogP contribution < -0.4 is 5.73 Å². The van der Waals surface area contributed by atoms with Crippen LogP contribution in [0.3, 0.4) is 0 Å². The molecule has 1 unspecified atom stereocenters. The summed E-state index contributed by atoms with van der Waals surface area (Å²) in [5, 5.41) is 0.455. The molecule has 0 spiro atoms. The summed E-state index contributed by atoms with van der Waals surface area (Å²) in [7, 11) is 0. The number of halogens is 1. The van der Waals surface area contributed by atoms with Gasteiger partial charge in [0, 0.05) is 22.7 Å². The highest BCUT2D eigenvalue weighted by molar-refractivity contribution is 6.32. The lowest BCUT2D eigenvalue weighted by molar-refractivity contribution is 0.100. The van der Waals surface area contributed by atoms with Crippen LogP contribution in [0.15, 0.2) is 36.4 Å². The Labute approximate surface area is 163 Å². The van der Waals surface area contributed by atoms with Crippen LogP contribution in [0.5, 0.6) is 0 Å². The molecule has 0 radical (unpaired) electrons. The van der Waals surface area contributed by atoms with E-state index in [1.165, 1.54) is 18.4 Å². The Morgan fingerprint density at radius 1 is 1.30 bits per heavy atom. The molecule has 3 aromatic rings. The van der Waals surface area contributed by atoms with Gasteiger partial charge in [0.1, 0.15) is 11.3 Å². The van der Waals surface area contributed by atoms with Crippen molar-refractivity contribution in [3.8, 4) is 11.4 Å². The maximum Gasteiger partial charge on any atom is 0.251 e. The SMILES string of the molecule is CC(C)N1CCCC1c1ccc(-c2nc3c(C(N)=O)cc(Cl)cc3[nH]2)cc1. The molecule has 1 saturated heterocycles. The van der Waals surface area contributed by atoms with Gasteiger partial charge in [0.25, 0.3) is 5.91 Å². The lowest BCUT2D eigenvalue weighted by Gasteiger charge is -2.28. The van der Waals surface area contributed by atoms with Crippen molar-refractivity contribution in [3.63, 3.8) is 0 Å². The molecule has 2 aromatic carbocycles. The highest BCUT2D eigenvalue weighted by Gasteiger charge is 2.27. The van der Waals surface area contributed by atoms with Crippen LogP contribution in [-0.2, 0) is 0 Å². The standard InChI is InChI=1S/C21H23ClN4O/c1-12(2)26-9-3-4-18(26)13-5-7-14(8-6-13)21-24-17-11-15(22)10-16(20(23)27)19(17)25-21/h5-8,10-12,18H,3-4,9H2,1-2H3,(H2,23,27)(H,24,25). The Kier molecular flexibility index (Phi) is 4.66. The van der Waals surface area contributed by atoms with Gasteiger partial charge in [-0.15, -0.1) is 0 Å². The van der Waals surface area contributed by atoms with Crippen molar-refractivity contribution in [2.75, 3.05) is 6.54 Å². The summed E-state index contributed by atoms with van der Waals surface area (Å²) in [5.41, 5.74) is 9.35. The Balaban J connectivity index is 1.68. The zero-order chi connectivity index (χ0) is 19.1. The Morgan fingerprint density at radius 3 is 2.70 bits per heavy atom. The van der Waals surface area contributed by atoms with Crippen LogP contribution in [0.2, 0.25) is 5.02 Å². The van der Waals surface area contributed by atoms with Crippen LogP contribution in [-0.4, -0.2) is 33.4 Å². The third-order valence-corrected chi connectivity index (χ3v) is 5.56. The second-order valence-corrected chi connectivity index (χ2v) is 7.85. The normalized spacial score (nSPS) is 17.9. The average Bonchev–Trinajstić information content (AvgIpc) is 3.28. The topological polar surface area (TPSA) is 75.0 Å². The van der Waals surface area contributed by atoms with E-state index >= 15 is 0 Å². The fourth-order valence-corrected chi connectivity index (χ4v) is 4.25. The number of hydrogen-bond donors (Lipinski definition) is 2. The van der Waals surface area contributed by atoms with Crippen LogP contribution in [0.1, 0.15) is 48.7 Å². The Hall–Kier alpha value is -2.37. The zero-order valence-electron chi connectivity index (χ0n) is 15.5. The van der Waals surface area contributed by atoms with Gasteiger partial charge in [-0.25, -0.2) is 4.98 Å². The minimum Gasteiger partial charge on any atom is -0.366 e. The van der Waals surface area contributed by atoms with Gasteiger partial charge in [0.05, 0.1) is 11.1 Å². The van der Waals surface area contributed by atoms with Crippen molar-refractivity contribution in [2.24, 2.45) is 5.73 Å². The van der Waals surface area contributed by atoms with Gasteiger partial charge in [0.15, 0.2) is 0 Å². The summed E-state index contributed by atoms with van der Waals surface area (Å²) in [4.78, 5) is 22.1. The molecule has 6 heteroatoms. The number of fused-ring (bicyclic) bond motifs is 1. The van der Waals surface area contributed by atoms with E-state index in [4.69, 9.17) is 17.3 Å². The van der Waals surface area contributed by atoms with Crippen molar-refractivity contribution in [2.45, 2.75) is 38.8 Å². The van der Waals surface area contributed by atoms with E-state index < -0.39 is 5.91 Å². The maximum absolute atomic E-state index is 11.7. The summed E-state index contributed by atoms with van der Waals surface area (Å²) in [6.07, 6.45) is 2.44. The van der Waals surface area contributed by atoms with Crippen LogP contribution in [0.4, 0.5) is 0 Å². The van der Waals surface area contributed by atoms with Crippen LogP contribution >= 0.6 is 11.6 Å². The number of hydrogen-bond acceptors (Lipinski definition) is 3. The molecular formula is C21H23ClN4O. The van der Waals surface area contributed by atoms with E-state index in [0.717, 1.165) is 12.1 Å². The molecule has 4 rings (SSSR count). The number of amides is 1. The number of carbonyl (C=O) groups excluding carboxylic acids is 1. The molecule has 1 amide bonds. The number of nitrogens with zero attached hydrogens (tertiary/aromatic N) is 2. The fourth-order valence-electron chi connectivity index (χ4n) is 4.04. The summed E-state index contributed by atoms with van der Waals surface area (Å²) in [6.45, 7) is 5.66. The zero-order valence-corrected chi connectivity index (χ0v) is 16.3. The minimum absolute atomic E-state index is 0.329. The monoisotopic (exact) mass is 382 g/mol. The van der Waals surface area contributed by atoms with Gasteiger partial charge in [-0.05, 0) is 50.9 Å². The fraction of sp³-hybridized carbons (Fsp3) is 0.333. The van der Waals surface area contributed by atoms with Gasteiger partial charge in [-0.3, -0.25) is 9.69 Å². The summed E-state index contributed by atoms with van der Waals surface area (Å²) < 4.78 is 0. The quantitative estimate of drug-likeness (QED) is 0.696.